The molecule has 0 spiro atoms. The van der Waals surface area contributed by atoms with E-state index < -0.39 is 10.0 Å². The number of hydrogen-bond donors (Lipinski definition) is 2. The maximum atomic E-state index is 12.4. The third kappa shape index (κ3) is 6.19. The summed E-state index contributed by atoms with van der Waals surface area (Å²) in [5.41, 5.74) is 0.372. The Morgan fingerprint density at radius 2 is 1.81 bits per heavy atom. The van der Waals surface area contributed by atoms with Gasteiger partial charge in [-0.3, -0.25) is 4.79 Å². The number of nitrogens with zero attached hydrogens (tertiary/aromatic N) is 1. The lowest BCUT2D eigenvalue weighted by molar-refractivity contribution is -0.680. The molecule has 0 radical (unpaired) electrons. The number of nitrogens with two attached hydrogens (primary N) is 1. The Bertz CT molecular complexity index is 726. The van der Waals surface area contributed by atoms with E-state index in [0.29, 0.717) is 24.0 Å². The zero-order chi connectivity index (χ0) is 19.9. The van der Waals surface area contributed by atoms with Gasteiger partial charge in [0.1, 0.15) is 5.75 Å². The van der Waals surface area contributed by atoms with Crippen LogP contribution in [0, 0.1) is 0 Å². The van der Waals surface area contributed by atoms with E-state index in [-0.39, 0.29) is 10.8 Å². The summed E-state index contributed by atoms with van der Waals surface area (Å²) in [4.78, 5) is 12.5. The van der Waals surface area contributed by atoms with Crippen molar-refractivity contribution >= 4 is 21.6 Å². The molecular formula is C19H32N3O4S+. The third-order valence-electron chi connectivity index (χ3n) is 5.01. The number of anilines is 1. The number of quaternary nitrogens is 1. The molecule has 0 bridgehead atoms. The molecule has 3 N–H and O–H groups in total. The van der Waals surface area contributed by atoms with Gasteiger partial charge in [0.2, 0.25) is 10.0 Å². The maximum Gasteiger partial charge on any atom is 0.279 e. The van der Waals surface area contributed by atoms with Gasteiger partial charge in [-0.15, -0.1) is 0 Å². The number of carbonyl (C=O) groups is 1. The first kappa shape index (κ1) is 21.7. The second kappa shape index (κ2) is 10.1. The number of carbonyl (C=O) groups excluding carboxylic acids is 1. The first-order chi connectivity index (χ1) is 12.8. The minimum Gasteiger partial charge on any atom is -0.495 e. The molecule has 0 atom stereocenters. The van der Waals surface area contributed by atoms with E-state index >= 15 is 0 Å². The van der Waals surface area contributed by atoms with Gasteiger partial charge >= 0.3 is 0 Å². The van der Waals surface area contributed by atoms with E-state index in [1.165, 1.54) is 65.4 Å². The topological polar surface area (TPSA) is 92.3 Å². The highest BCUT2D eigenvalue weighted by molar-refractivity contribution is 7.89. The quantitative estimate of drug-likeness (QED) is 0.729. The van der Waals surface area contributed by atoms with Crippen LogP contribution in [0.5, 0.6) is 5.75 Å². The molecule has 1 saturated carbocycles. The van der Waals surface area contributed by atoms with E-state index in [9.17, 15) is 13.2 Å². The van der Waals surface area contributed by atoms with Crippen LogP contribution in [-0.4, -0.2) is 52.4 Å². The monoisotopic (exact) mass is 398 g/mol. The lowest BCUT2D eigenvalue weighted by Gasteiger charge is -2.18. The summed E-state index contributed by atoms with van der Waals surface area (Å²) in [6.45, 7) is 0.318. The number of methoxy groups -OCH3 is 1. The molecule has 0 saturated heterocycles. The van der Waals surface area contributed by atoms with Gasteiger partial charge in [-0.2, -0.15) is 0 Å². The average Bonchev–Trinajstić information content (AvgIpc) is 2.60. The van der Waals surface area contributed by atoms with Gasteiger partial charge in [-0.25, -0.2) is 12.7 Å². The Morgan fingerprint density at radius 1 is 1.19 bits per heavy atom. The van der Waals surface area contributed by atoms with Crippen molar-refractivity contribution in [2.75, 3.05) is 33.1 Å². The number of sulfonamides is 1. The van der Waals surface area contributed by atoms with Crippen molar-refractivity contribution in [3.63, 3.8) is 0 Å². The summed E-state index contributed by atoms with van der Waals surface area (Å²) in [6.07, 6.45) is 8.61. The van der Waals surface area contributed by atoms with Crippen molar-refractivity contribution < 1.29 is 23.3 Å². The molecule has 1 aliphatic rings. The van der Waals surface area contributed by atoms with Gasteiger partial charge < -0.3 is 15.4 Å². The van der Waals surface area contributed by atoms with E-state index in [0.717, 1.165) is 17.1 Å². The summed E-state index contributed by atoms with van der Waals surface area (Å²) >= 11 is 0. The van der Waals surface area contributed by atoms with Gasteiger partial charge in [0.05, 0.1) is 23.7 Å². The SMILES string of the molecule is COc1ccc(S(=O)(=O)N(C)C)cc1NC(=O)C[NH2+]C1CCCCCCC1. The Balaban J connectivity index is 2.03. The minimum absolute atomic E-state index is 0.118. The second-order valence-electron chi connectivity index (χ2n) is 7.24. The largest absolute Gasteiger partial charge is 0.495 e. The van der Waals surface area contributed by atoms with Crippen molar-refractivity contribution in [2.24, 2.45) is 0 Å². The van der Waals surface area contributed by atoms with Gasteiger partial charge in [0.25, 0.3) is 5.91 Å². The van der Waals surface area contributed by atoms with Crippen molar-refractivity contribution in [3.05, 3.63) is 18.2 Å². The summed E-state index contributed by atoms with van der Waals surface area (Å²) in [5, 5.41) is 4.91. The van der Waals surface area contributed by atoms with Crippen molar-refractivity contribution in [2.45, 2.75) is 55.9 Å². The van der Waals surface area contributed by atoms with Crippen LogP contribution in [0.2, 0.25) is 0 Å². The van der Waals surface area contributed by atoms with Crippen LogP contribution in [0.25, 0.3) is 0 Å². The molecule has 1 fully saturated rings. The second-order valence-corrected chi connectivity index (χ2v) is 9.39. The summed E-state index contributed by atoms with van der Waals surface area (Å²) in [7, 11) is 0.861. The minimum atomic E-state index is -3.58. The smallest absolute Gasteiger partial charge is 0.279 e. The number of nitrogens with one attached hydrogen (secondary N) is 1. The Morgan fingerprint density at radius 3 is 2.41 bits per heavy atom. The standard InChI is InChI=1S/C19H31N3O4S/c1-22(2)27(24,25)16-11-12-18(26-3)17(13-16)21-19(23)14-20-15-9-7-5-4-6-8-10-15/h11-13,15,20H,4-10,14H2,1-3H3,(H,21,23)/p+1. The fraction of sp³-hybridized carbons (Fsp3) is 0.632. The Labute approximate surface area is 162 Å². The maximum absolute atomic E-state index is 12.4. The van der Waals surface area contributed by atoms with Gasteiger partial charge in [-0.1, -0.05) is 19.3 Å². The first-order valence-electron chi connectivity index (χ1n) is 9.58. The molecule has 1 aliphatic carbocycles. The van der Waals surface area contributed by atoms with Gasteiger partial charge in [-0.05, 0) is 43.9 Å². The van der Waals surface area contributed by atoms with Crippen LogP contribution in [-0.2, 0) is 14.8 Å². The Kier molecular flexibility index (Phi) is 8.07. The molecule has 0 unspecified atom stereocenters. The van der Waals surface area contributed by atoms with Crippen LogP contribution >= 0.6 is 0 Å². The lowest BCUT2D eigenvalue weighted by atomic mass is 9.97. The van der Waals surface area contributed by atoms with Crippen LogP contribution < -0.4 is 15.4 Å². The van der Waals surface area contributed by atoms with Crippen molar-refractivity contribution in [1.82, 2.24) is 4.31 Å². The molecule has 0 aliphatic heterocycles. The Hall–Kier alpha value is -1.64. The van der Waals surface area contributed by atoms with Crippen molar-refractivity contribution in [3.8, 4) is 5.75 Å². The van der Waals surface area contributed by atoms with E-state index in [2.05, 4.69) is 10.6 Å². The van der Waals surface area contributed by atoms with Crippen LogP contribution in [0.15, 0.2) is 23.1 Å². The molecule has 27 heavy (non-hydrogen) atoms. The molecule has 8 heteroatoms. The fourth-order valence-electron chi connectivity index (χ4n) is 3.35. The van der Waals surface area contributed by atoms with E-state index in [1.807, 2.05) is 0 Å². The number of hydrogen-bond acceptors (Lipinski definition) is 4. The average molecular weight is 399 g/mol. The van der Waals surface area contributed by atoms with E-state index in [4.69, 9.17) is 4.74 Å². The third-order valence-corrected chi connectivity index (χ3v) is 6.82. The molecular weight excluding hydrogens is 366 g/mol. The molecule has 152 valence electrons. The van der Waals surface area contributed by atoms with E-state index in [1.54, 1.807) is 6.07 Å². The molecule has 0 aromatic heterocycles. The predicted octanol–water partition coefficient (Wildman–Crippen LogP) is 1.56. The molecule has 7 nitrogen and oxygen atoms in total. The van der Waals surface area contributed by atoms with Gasteiger partial charge in [0.15, 0.2) is 6.54 Å². The summed E-state index contributed by atoms with van der Waals surface area (Å²) < 4.78 is 31.1. The highest BCUT2D eigenvalue weighted by Crippen LogP contribution is 2.28. The highest BCUT2D eigenvalue weighted by atomic mass is 32.2. The first-order valence-corrected chi connectivity index (χ1v) is 11.0. The van der Waals surface area contributed by atoms with Crippen molar-refractivity contribution in [1.29, 1.82) is 0 Å². The predicted molar refractivity (Wildman–Crippen MR) is 105 cm³/mol. The summed E-state index contributed by atoms with van der Waals surface area (Å²) in [5.74, 6) is 0.279. The normalized spacial score (nSPS) is 16.6. The fourth-order valence-corrected chi connectivity index (χ4v) is 4.28. The lowest BCUT2D eigenvalue weighted by Crippen LogP contribution is -2.91. The number of amides is 1. The molecule has 1 aromatic rings. The van der Waals surface area contributed by atoms with Crippen LogP contribution in [0.1, 0.15) is 44.9 Å². The zero-order valence-corrected chi connectivity index (χ0v) is 17.3. The zero-order valence-electron chi connectivity index (χ0n) is 16.5. The highest BCUT2D eigenvalue weighted by Gasteiger charge is 2.21. The van der Waals surface area contributed by atoms with Crippen LogP contribution in [0.3, 0.4) is 0 Å². The number of rotatable bonds is 7. The molecule has 1 aromatic carbocycles. The number of benzene rings is 1. The molecule has 1 amide bonds. The summed E-state index contributed by atoms with van der Waals surface area (Å²) in [6, 6.07) is 4.97. The number of ether oxygens (including phenoxy) is 1. The molecule has 0 heterocycles. The van der Waals surface area contributed by atoms with Crippen LogP contribution in [0.4, 0.5) is 5.69 Å². The van der Waals surface area contributed by atoms with Gasteiger partial charge in [0, 0.05) is 14.1 Å². The molecule has 2 rings (SSSR count).